The molecule has 1 N–H and O–H groups in total. The highest BCUT2D eigenvalue weighted by molar-refractivity contribution is 5.20. The largest absolute Gasteiger partial charge is 0.467 e. The Labute approximate surface area is 109 Å². The summed E-state index contributed by atoms with van der Waals surface area (Å²) in [5.74, 6) is 1.25. The SMILES string of the molecule is C=CC(C)(C)Oc1cccc(C2CCNCC2)n1. The molecule has 98 valence electrons. The number of nitrogens with zero attached hydrogens (tertiary/aromatic N) is 1. The van der Waals surface area contributed by atoms with Crippen LogP contribution < -0.4 is 10.1 Å². The minimum Gasteiger partial charge on any atom is -0.467 e. The maximum atomic E-state index is 5.84. The van der Waals surface area contributed by atoms with Crippen LogP contribution in [0.5, 0.6) is 5.88 Å². The molecule has 0 bridgehead atoms. The first-order chi connectivity index (χ1) is 8.61. The Balaban J connectivity index is 2.11. The summed E-state index contributed by atoms with van der Waals surface area (Å²) in [5, 5.41) is 3.37. The maximum Gasteiger partial charge on any atom is 0.214 e. The molecule has 3 nitrogen and oxygen atoms in total. The topological polar surface area (TPSA) is 34.1 Å². The van der Waals surface area contributed by atoms with E-state index in [1.807, 2.05) is 26.0 Å². The summed E-state index contributed by atoms with van der Waals surface area (Å²) in [4.78, 5) is 4.63. The summed E-state index contributed by atoms with van der Waals surface area (Å²) < 4.78 is 5.84. The second kappa shape index (κ2) is 5.53. The lowest BCUT2D eigenvalue weighted by Gasteiger charge is -2.24. The second-order valence-corrected chi connectivity index (χ2v) is 5.33. The number of nitrogens with one attached hydrogen (secondary N) is 1. The molecule has 0 amide bonds. The van der Waals surface area contributed by atoms with Gasteiger partial charge in [-0.15, -0.1) is 0 Å². The third-order valence-electron chi connectivity index (χ3n) is 3.36. The smallest absolute Gasteiger partial charge is 0.214 e. The van der Waals surface area contributed by atoms with Gasteiger partial charge in [-0.1, -0.05) is 12.6 Å². The molecular weight excluding hydrogens is 224 g/mol. The van der Waals surface area contributed by atoms with E-state index < -0.39 is 0 Å². The predicted octanol–water partition coefficient (Wildman–Crippen LogP) is 2.89. The van der Waals surface area contributed by atoms with E-state index in [-0.39, 0.29) is 5.60 Å². The summed E-state index contributed by atoms with van der Waals surface area (Å²) in [7, 11) is 0. The van der Waals surface area contributed by atoms with E-state index in [0.29, 0.717) is 11.8 Å². The lowest BCUT2D eigenvalue weighted by molar-refractivity contribution is 0.154. The summed E-state index contributed by atoms with van der Waals surface area (Å²) in [6.07, 6.45) is 4.11. The van der Waals surface area contributed by atoms with Gasteiger partial charge in [-0.2, -0.15) is 0 Å². The molecule has 0 aromatic carbocycles. The number of rotatable bonds is 4. The molecule has 3 heteroatoms. The van der Waals surface area contributed by atoms with E-state index in [4.69, 9.17) is 4.74 Å². The van der Waals surface area contributed by atoms with Crippen LogP contribution in [0.2, 0.25) is 0 Å². The number of pyridine rings is 1. The highest BCUT2D eigenvalue weighted by Crippen LogP contribution is 2.26. The van der Waals surface area contributed by atoms with Crippen molar-refractivity contribution in [2.75, 3.05) is 13.1 Å². The molecule has 0 atom stereocenters. The van der Waals surface area contributed by atoms with Gasteiger partial charge in [-0.3, -0.25) is 0 Å². The molecule has 1 aliphatic rings. The van der Waals surface area contributed by atoms with Crippen molar-refractivity contribution in [2.45, 2.75) is 38.2 Å². The molecule has 1 fully saturated rings. The zero-order valence-corrected chi connectivity index (χ0v) is 11.3. The molecule has 0 unspecified atom stereocenters. The Morgan fingerprint density at radius 1 is 1.39 bits per heavy atom. The van der Waals surface area contributed by atoms with Gasteiger partial charge < -0.3 is 10.1 Å². The number of ether oxygens (including phenoxy) is 1. The Morgan fingerprint density at radius 2 is 2.11 bits per heavy atom. The molecule has 0 saturated carbocycles. The van der Waals surface area contributed by atoms with Gasteiger partial charge in [0, 0.05) is 17.7 Å². The van der Waals surface area contributed by atoms with Crippen LogP contribution in [0.4, 0.5) is 0 Å². The van der Waals surface area contributed by atoms with Crippen LogP contribution in [0.3, 0.4) is 0 Å². The second-order valence-electron chi connectivity index (χ2n) is 5.33. The van der Waals surface area contributed by atoms with E-state index >= 15 is 0 Å². The Bertz CT molecular complexity index is 409. The monoisotopic (exact) mass is 246 g/mol. The highest BCUT2D eigenvalue weighted by Gasteiger charge is 2.19. The molecule has 0 spiro atoms. The molecule has 2 rings (SSSR count). The van der Waals surface area contributed by atoms with Crippen LogP contribution in [-0.4, -0.2) is 23.7 Å². The van der Waals surface area contributed by atoms with Gasteiger partial charge >= 0.3 is 0 Å². The van der Waals surface area contributed by atoms with Crippen molar-refractivity contribution >= 4 is 0 Å². The van der Waals surface area contributed by atoms with Gasteiger partial charge in [0.25, 0.3) is 0 Å². The molecule has 2 heterocycles. The van der Waals surface area contributed by atoms with Gasteiger partial charge in [0.1, 0.15) is 5.60 Å². The van der Waals surface area contributed by atoms with E-state index in [2.05, 4.69) is 22.9 Å². The van der Waals surface area contributed by atoms with Gasteiger partial charge in [0.2, 0.25) is 5.88 Å². The van der Waals surface area contributed by atoms with Crippen LogP contribution in [0.25, 0.3) is 0 Å². The average Bonchev–Trinajstić information content (AvgIpc) is 2.40. The van der Waals surface area contributed by atoms with Crippen molar-refractivity contribution < 1.29 is 4.74 Å². The number of aromatic nitrogens is 1. The standard InChI is InChI=1S/C15H22N2O/c1-4-15(2,3)18-14-7-5-6-13(17-14)12-8-10-16-11-9-12/h4-7,12,16H,1,8-11H2,2-3H3. The highest BCUT2D eigenvalue weighted by atomic mass is 16.5. The third-order valence-corrected chi connectivity index (χ3v) is 3.36. The molecule has 0 radical (unpaired) electrons. The minimum atomic E-state index is -0.375. The van der Waals surface area contributed by atoms with Crippen LogP contribution in [0, 0.1) is 0 Å². The predicted molar refractivity (Wildman–Crippen MR) is 74.0 cm³/mol. The first-order valence-corrected chi connectivity index (χ1v) is 6.61. The van der Waals surface area contributed by atoms with Crippen molar-refractivity contribution in [3.8, 4) is 5.88 Å². The van der Waals surface area contributed by atoms with Gasteiger partial charge in [-0.25, -0.2) is 4.98 Å². The molecular formula is C15H22N2O. The average molecular weight is 246 g/mol. The van der Waals surface area contributed by atoms with Gasteiger partial charge in [-0.05, 0) is 51.9 Å². The Morgan fingerprint density at radius 3 is 2.78 bits per heavy atom. The van der Waals surface area contributed by atoms with Crippen molar-refractivity contribution in [1.29, 1.82) is 0 Å². The van der Waals surface area contributed by atoms with E-state index in [1.54, 1.807) is 6.08 Å². The first kappa shape index (κ1) is 13.1. The molecule has 1 saturated heterocycles. The van der Waals surface area contributed by atoms with E-state index in [1.165, 1.54) is 0 Å². The quantitative estimate of drug-likeness (QED) is 0.829. The van der Waals surface area contributed by atoms with E-state index in [0.717, 1.165) is 31.6 Å². The fraction of sp³-hybridized carbons (Fsp3) is 0.533. The van der Waals surface area contributed by atoms with Crippen LogP contribution in [0.1, 0.15) is 38.3 Å². The van der Waals surface area contributed by atoms with Crippen molar-refractivity contribution in [2.24, 2.45) is 0 Å². The fourth-order valence-electron chi connectivity index (χ4n) is 2.14. The summed E-state index contributed by atoms with van der Waals surface area (Å²) in [5.41, 5.74) is 0.772. The Hall–Kier alpha value is -1.35. The maximum absolute atomic E-state index is 5.84. The molecule has 1 aromatic heterocycles. The third kappa shape index (κ3) is 3.33. The number of hydrogen-bond acceptors (Lipinski definition) is 3. The first-order valence-electron chi connectivity index (χ1n) is 6.61. The van der Waals surface area contributed by atoms with Crippen molar-refractivity contribution in [3.05, 3.63) is 36.5 Å². The fourth-order valence-corrected chi connectivity index (χ4v) is 2.14. The summed E-state index contributed by atoms with van der Waals surface area (Å²) >= 11 is 0. The number of piperidine rings is 1. The Kier molecular flexibility index (Phi) is 4.02. The zero-order valence-electron chi connectivity index (χ0n) is 11.3. The lowest BCUT2D eigenvalue weighted by Crippen LogP contribution is -2.28. The van der Waals surface area contributed by atoms with Crippen LogP contribution >= 0.6 is 0 Å². The molecule has 18 heavy (non-hydrogen) atoms. The van der Waals surface area contributed by atoms with Crippen molar-refractivity contribution in [3.63, 3.8) is 0 Å². The summed E-state index contributed by atoms with van der Waals surface area (Å²) in [6, 6.07) is 6.04. The normalized spacial score (nSPS) is 17.4. The number of hydrogen-bond donors (Lipinski definition) is 1. The summed E-state index contributed by atoms with van der Waals surface area (Å²) in [6.45, 7) is 9.91. The van der Waals surface area contributed by atoms with Crippen molar-refractivity contribution in [1.82, 2.24) is 10.3 Å². The minimum absolute atomic E-state index is 0.375. The molecule has 0 aliphatic carbocycles. The zero-order chi connectivity index (χ0) is 13.0. The van der Waals surface area contributed by atoms with Gasteiger partial charge in [0.05, 0.1) is 0 Å². The molecule has 1 aromatic rings. The molecule has 1 aliphatic heterocycles. The van der Waals surface area contributed by atoms with Crippen LogP contribution in [0.15, 0.2) is 30.9 Å². The van der Waals surface area contributed by atoms with E-state index in [9.17, 15) is 0 Å². The van der Waals surface area contributed by atoms with Gasteiger partial charge in [0.15, 0.2) is 0 Å². The lowest BCUT2D eigenvalue weighted by atomic mass is 9.94. The van der Waals surface area contributed by atoms with Crippen LogP contribution in [-0.2, 0) is 0 Å².